The topological polar surface area (TPSA) is 64.4 Å². The van der Waals surface area contributed by atoms with Crippen molar-refractivity contribution in [3.63, 3.8) is 0 Å². The van der Waals surface area contributed by atoms with Gasteiger partial charge in [-0.1, -0.05) is 49.9 Å². The number of imidazole rings is 1. The van der Waals surface area contributed by atoms with Crippen molar-refractivity contribution >= 4 is 32.8 Å². The van der Waals surface area contributed by atoms with Gasteiger partial charge < -0.3 is 9.30 Å². The minimum absolute atomic E-state index is 0.338. The molecule has 4 rings (SSSR count). The van der Waals surface area contributed by atoms with Crippen LogP contribution in [0.4, 0.5) is 0 Å². The SMILES string of the molecule is CCOCCCn1c(SCc2ccc(CC)cc2)nc2cc(S(=O)(=O)N3CCC[C@@H](C)C3)ccc21. The highest BCUT2D eigenvalue weighted by atomic mass is 32.2. The predicted molar refractivity (Wildman–Crippen MR) is 143 cm³/mol. The molecule has 0 N–H and O–H groups in total. The molecule has 0 saturated carbocycles. The Bertz CT molecular complexity index is 1220. The lowest BCUT2D eigenvalue weighted by atomic mass is 10.0. The lowest BCUT2D eigenvalue weighted by Gasteiger charge is -2.30. The molecule has 8 heteroatoms. The fourth-order valence-corrected chi connectivity index (χ4v) is 7.19. The second-order valence-corrected chi connectivity index (χ2v) is 12.2. The molecule has 2 aromatic carbocycles. The van der Waals surface area contributed by atoms with Gasteiger partial charge in [-0.3, -0.25) is 0 Å². The molecule has 0 bridgehead atoms. The monoisotopic (exact) mass is 515 g/mol. The van der Waals surface area contributed by atoms with Crippen LogP contribution >= 0.6 is 11.8 Å². The standard InChI is InChI=1S/C27H37N3O3S2/c1-4-22-9-11-23(12-10-22)20-34-27-28-25-18-24(35(31,32)29-15-6-8-21(3)19-29)13-14-26(25)30(27)16-7-17-33-5-2/h9-14,18,21H,4-8,15-17,19-20H2,1-3H3/t21-/m1/s1. The zero-order chi connectivity index (χ0) is 24.8. The maximum absolute atomic E-state index is 13.3. The molecule has 3 aromatic rings. The molecule has 0 aliphatic carbocycles. The van der Waals surface area contributed by atoms with Crippen molar-refractivity contribution in [1.82, 2.24) is 13.9 Å². The van der Waals surface area contributed by atoms with Crippen LogP contribution in [0.1, 0.15) is 51.2 Å². The minimum Gasteiger partial charge on any atom is -0.382 e. The first-order valence-electron chi connectivity index (χ1n) is 12.7. The Morgan fingerprint density at radius 2 is 1.89 bits per heavy atom. The molecule has 1 atom stereocenters. The average Bonchev–Trinajstić information content (AvgIpc) is 3.22. The normalized spacial score (nSPS) is 17.3. The first kappa shape index (κ1) is 26.2. The lowest BCUT2D eigenvalue weighted by Crippen LogP contribution is -2.39. The Morgan fingerprint density at radius 1 is 1.11 bits per heavy atom. The van der Waals surface area contributed by atoms with Crippen LogP contribution in [-0.2, 0) is 33.5 Å². The number of aromatic nitrogens is 2. The summed E-state index contributed by atoms with van der Waals surface area (Å²) in [6, 6.07) is 14.1. The van der Waals surface area contributed by atoms with Crippen LogP contribution in [0.25, 0.3) is 11.0 Å². The summed E-state index contributed by atoms with van der Waals surface area (Å²) >= 11 is 1.70. The molecule has 1 saturated heterocycles. The Hall–Kier alpha value is -1.87. The van der Waals surface area contributed by atoms with Gasteiger partial charge >= 0.3 is 0 Å². The highest BCUT2D eigenvalue weighted by Crippen LogP contribution is 2.30. The molecule has 35 heavy (non-hydrogen) atoms. The van der Waals surface area contributed by atoms with Crippen LogP contribution < -0.4 is 0 Å². The van der Waals surface area contributed by atoms with Gasteiger partial charge in [-0.05, 0) is 67.9 Å². The second kappa shape index (κ2) is 11.9. The van der Waals surface area contributed by atoms with Gasteiger partial charge in [0.25, 0.3) is 0 Å². The third-order valence-electron chi connectivity index (χ3n) is 6.62. The third kappa shape index (κ3) is 6.28. The molecule has 1 fully saturated rings. The lowest BCUT2D eigenvalue weighted by molar-refractivity contribution is 0.141. The molecule has 0 radical (unpaired) electrons. The van der Waals surface area contributed by atoms with Crippen LogP contribution in [0.3, 0.4) is 0 Å². The summed E-state index contributed by atoms with van der Waals surface area (Å²) in [5, 5.41) is 0.914. The number of sulfonamides is 1. The average molecular weight is 516 g/mol. The van der Waals surface area contributed by atoms with Crippen LogP contribution in [-0.4, -0.2) is 48.6 Å². The highest BCUT2D eigenvalue weighted by Gasteiger charge is 2.29. The largest absolute Gasteiger partial charge is 0.382 e. The zero-order valence-corrected chi connectivity index (χ0v) is 22.7. The fraction of sp³-hybridized carbons (Fsp3) is 0.519. The Kier molecular flexibility index (Phi) is 8.92. The summed E-state index contributed by atoms with van der Waals surface area (Å²) in [4.78, 5) is 5.23. The van der Waals surface area contributed by atoms with Crippen LogP contribution in [0, 0.1) is 5.92 Å². The number of rotatable bonds is 11. The minimum atomic E-state index is -3.52. The number of thioether (sulfide) groups is 1. The van der Waals surface area contributed by atoms with Crippen molar-refractivity contribution < 1.29 is 13.2 Å². The van der Waals surface area contributed by atoms with Crippen molar-refractivity contribution in [2.24, 2.45) is 5.92 Å². The Morgan fingerprint density at radius 3 is 2.60 bits per heavy atom. The van der Waals surface area contributed by atoms with Gasteiger partial charge in [0.15, 0.2) is 5.16 Å². The van der Waals surface area contributed by atoms with E-state index < -0.39 is 10.0 Å². The van der Waals surface area contributed by atoms with E-state index in [1.807, 2.05) is 13.0 Å². The Balaban J connectivity index is 1.61. The summed E-state index contributed by atoms with van der Waals surface area (Å²) in [6.45, 7) is 9.64. The van der Waals surface area contributed by atoms with Gasteiger partial charge in [-0.25, -0.2) is 13.4 Å². The summed E-state index contributed by atoms with van der Waals surface area (Å²) in [7, 11) is -3.52. The fourth-order valence-electron chi connectivity index (χ4n) is 4.58. The summed E-state index contributed by atoms with van der Waals surface area (Å²) in [6.07, 6.45) is 3.91. The van der Waals surface area contributed by atoms with Gasteiger partial charge in [0.05, 0.1) is 15.9 Å². The molecule has 1 aromatic heterocycles. The maximum Gasteiger partial charge on any atom is 0.243 e. The molecule has 0 amide bonds. The Labute approximate surface area is 214 Å². The second-order valence-electron chi connectivity index (χ2n) is 9.32. The van der Waals surface area contributed by atoms with E-state index in [1.165, 1.54) is 11.1 Å². The molecular formula is C27H37N3O3S2. The smallest absolute Gasteiger partial charge is 0.243 e. The molecule has 0 unspecified atom stereocenters. The van der Waals surface area contributed by atoms with Crippen LogP contribution in [0.5, 0.6) is 0 Å². The number of benzene rings is 2. The summed E-state index contributed by atoms with van der Waals surface area (Å²) < 4.78 is 36.1. The first-order valence-corrected chi connectivity index (χ1v) is 15.1. The number of hydrogen-bond acceptors (Lipinski definition) is 5. The van der Waals surface area contributed by atoms with Gasteiger partial charge in [0.2, 0.25) is 10.0 Å². The van der Waals surface area contributed by atoms with Crippen LogP contribution in [0.15, 0.2) is 52.5 Å². The quantitative estimate of drug-likeness (QED) is 0.241. The number of fused-ring (bicyclic) bond motifs is 1. The van der Waals surface area contributed by atoms with E-state index in [2.05, 4.69) is 42.7 Å². The molecule has 0 spiro atoms. The van der Waals surface area contributed by atoms with Crippen molar-refractivity contribution in [2.75, 3.05) is 26.3 Å². The summed E-state index contributed by atoms with van der Waals surface area (Å²) in [5.74, 6) is 1.21. The van der Waals surface area contributed by atoms with Gasteiger partial charge in [-0.15, -0.1) is 0 Å². The number of ether oxygens (including phenoxy) is 1. The number of piperidine rings is 1. The number of hydrogen-bond donors (Lipinski definition) is 0. The number of nitrogens with zero attached hydrogens (tertiary/aromatic N) is 3. The molecular weight excluding hydrogens is 478 g/mol. The predicted octanol–water partition coefficient (Wildman–Crippen LogP) is 5.74. The maximum atomic E-state index is 13.3. The van der Waals surface area contributed by atoms with E-state index in [9.17, 15) is 8.42 Å². The van der Waals surface area contributed by atoms with Gasteiger partial charge in [-0.2, -0.15) is 4.31 Å². The van der Waals surface area contributed by atoms with Crippen molar-refractivity contribution in [3.05, 3.63) is 53.6 Å². The number of aryl methyl sites for hydroxylation is 2. The van der Waals surface area contributed by atoms with E-state index in [4.69, 9.17) is 9.72 Å². The van der Waals surface area contributed by atoms with E-state index >= 15 is 0 Å². The van der Waals surface area contributed by atoms with E-state index in [0.717, 1.165) is 54.2 Å². The molecule has 1 aliphatic heterocycles. The van der Waals surface area contributed by atoms with Crippen molar-refractivity contribution in [1.29, 1.82) is 0 Å². The zero-order valence-electron chi connectivity index (χ0n) is 21.1. The van der Waals surface area contributed by atoms with Crippen LogP contribution in [0.2, 0.25) is 0 Å². The van der Waals surface area contributed by atoms with E-state index in [0.29, 0.717) is 37.1 Å². The van der Waals surface area contributed by atoms with E-state index in [-0.39, 0.29) is 0 Å². The molecule has 6 nitrogen and oxygen atoms in total. The summed E-state index contributed by atoms with van der Waals surface area (Å²) in [5.41, 5.74) is 4.29. The van der Waals surface area contributed by atoms with Crippen molar-refractivity contribution in [2.45, 2.75) is 68.8 Å². The van der Waals surface area contributed by atoms with Gasteiger partial charge in [0, 0.05) is 38.6 Å². The molecule has 190 valence electrons. The van der Waals surface area contributed by atoms with Gasteiger partial charge in [0.1, 0.15) is 0 Å². The molecule has 2 heterocycles. The molecule has 1 aliphatic rings. The third-order valence-corrected chi connectivity index (χ3v) is 9.52. The first-order chi connectivity index (χ1) is 16.9. The van der Waals surface area contributed by atoms with E-state index in [1.54, 1.807) is 28.2 Å². The highest BCUT2D eigenvalue weighted by molar-refractivity contribution is 7.98. The van der Waals surface area contributed by atoms with Crippen molar-refractivity contribution in [3.8, 4) is 0 Å².